The van der Waals surface area contributed by atoms with E-state index in [-0.39, 0.29) is 11.4 Å². The van der Waals surface area contributed by atoms with Gasteiger partial charge in [-0.15, -0.1) is 0 Å². The summed E-state index contributed by atoms with van der Waals surface area (Å²) < 4.78 is 0. The maximum Gasteiger partial charge on any atom is 0.272 e. The molecule has 0 aromatic carbocycles. The number of carbonyl (C=O) groups excluding carboxylic acids is 1. The Balaban J connectivity index is 1.97. The van der Waals surface area contributed by atoms with Crippen molar-refractivity contribution in [2.75, 3.05) is 26.2 Å². The molecule has 110 valence electrons. The van der Waals surface area contributed by atoms with Crippen LogP contribution in [0.2, 0.25) is 0 Å². The molecular weight excluding hydrogens is 252 g/mol. The minimum absolute atomic E-state index is 0.0159. The Hall–Kier alpha value is -1.46. The first-order valence-electron chi connectivity index (χ1n) is 7.11. The maximum atomic E-state index is 12.4. The molecule has 0 radical (unpaired) electrons. The molecule has 1 aliphatic rings. The van der Waals surface area contributed by atoms with Crippen molar-refractivity contribution < 1.29 is 4.79 Å². The smallest absolute Gasteiger partial charge is 0.272 e. The highest BCUT2D eigenvalue weighted by atomic mass is 16.2. The van der Waals surface area contributed by atoms with E-state index in [1.807, 2.05) is 11.0 Å². The third-order valence-corrected chi connectivity index (χ3v) is 3.80. The van der Waals surface area contributed by atoms with Crippen LogP contribution in [-0.2, 0) is 6.54 Å². The first kappa shape index (κ1) is 14.9. The van der Waals surface area contributed by atoms with Crippen molar-refractivity contribution in [1.29, 1.82) is 0 Å². The van der Waals surface area contributed by atoms with Crippen LogP contribution in [-0.4, -0.2) is 52.4 Å². The molecule has 2 rings (SSSR count). The van der Waals surface area contributed by atoms with Gasteiger partial charge in [0.25, 0.3) is 5.91 Å². The number of hydrogen-bond donors (Lipinski definition) is 1. The second-order valence-electron chi connectivity index (χ2n) is 6.21. The molecule has 1 aliphatic heterocycles. The van der Waals surface area contributed by atoms with Gasteiger partial charge in [-0.25, -0.2) is 0 Å². The Bertz CT molecular complexity index is 456. The second kappa shape index (κ2) is 5.89. The first-order valence-corrected chi connectivity index (χ1v) is 7.11. The number of nitrogens with two attached hydrogens (primary N) is 1. The van der Waals surface area contributed by atoms with Crippen LogP contribution in [0.1, 0.15) is 36.8 Å². The lowest BCUT2D eigenvalue weighted by Gasteiger charge is -2.42. The summed E-state index contributed by atoms with van der Waals surface area (Å²) in [6.45, 7) is 10.4. The molecule has 1 saturated heterocycles. The van der Waals surface area contributed by atoms with Gasteiger partial charge < -0.3 is 10.6 Å². The standard InChI is InChI=1S/C15H24N4O/c1-15(2,3)19-8-6-18(7-9-19)14(20)13-5-4-12(10-16)11-17-13/h4-5,11H,6-10,16H2,1-3H3. The van der Waals surface area contributed by atoms with Crippen molar-refractivity contribution >= 4 is 5.91 Å². The van der Waals surface area contributed by atoms with Gasteiger partial charge >= 0.3 is 0 Å². The number of nitrogens with zero attached hydrogens (tertiary/aromatic N) is 3. The molecule has 1 aromatic rings. The van der Waals surface area contributed by atoms with Gasteiger partial charge in [0.15, 0.2) is 0 Å². The fourth-order valence-electron chi connectivity index (χ4n) is 2.41. The number of carbonyl (C=O) groups is 1. The molecule has 5 nitrogen and oxygen atoms in total. The quantitative estimate of drug-likeness (QED) is 0.878. The van der Waals surface area contributed by atoms with Crippen LogP contribution in [0.3, 0.4) is 0 Å². The predicted molar refractivity (Wildman–Crippen MR) is 79.4 cm³/mol. The van der Waals surface area contributed by atoms with Crippen molar-refractivity contribution in [1.82, 2.24) is 14.8 Å². The van der Waals surface area contributed by atoms with E-state index in [0.29, 0.717) is 12.2 Å². The molecule has 2 N–H and O–H groups in total. The highest BCUT2D eigenvalue weighted by molar-refractivity contribution is 5.92. The van der Waals surface area contributed by atoms with Gasteiger partial charge in [0.05, 0.1) is 0 Å². The average molecular weight is 276 g/mol. The predicted octanol–water partition coefficient (Wildman–Crippen LogP) is 1.10. The number of amides is 1. The van der Waals surface area contributed by atoms with Crippen LogP contribution in [0.5, 0.6) is 0 Å². The van der Waals surface area contributed by atoms with E-state index in [1.54, 1.807) is 12.3 Å². The van der Waals surface area contributed by atoms with Gasteiger partial charge in [-0.3, -0.25) is 14.7 Å². The number of rotatable bonds is 2. The van der Waals surface area contributed by atoms with Crippen molar-refractivity contribution in [2.24, 2.45) is 5.73 Å². The normalized spacial score (nSPS) is 17.3. The Labute approximate surface area is 120 Å². The third-order valence-electron chi connectivity index (χ3n) is 3.80. The highest BCUT2D eigenvalue weighted by Crippen LogP contribution is 2.16. The Morgan fingerprint density at radius 2 is 1.90 bits per heavy atom. The van der Waals surface area contributed by atoms with Gasteiger partial charge in [-0.2, -0.15) is 0 Å². The summed E-state index contributed by atoms with van der Waals surface area (Å²) in [6.07, 6.45) is 1.68. The van der Waals surface area contributed by atoms with Crippen LogP contribution in [0.15, 0.2) is 18.3 Å². The van der Waals surface area contributed by atoms with E-state index in [1.165, 1.54) is 0 Å². The zero-order valence-corrected chi connectivity index (χ0v) is 12.6. The largest absolute Gasteiger partial charge is 0.335 e. The van der Waals surface area contributed by atoms with Crippen LogP contribution in [0.4, 0.5) is 0 Å². The van der Waals surface area contributed by atoms with Gasteiger partial charge in [0.1, 0.15) is 5.69 Å². The molecule has 0 aliphatic carbocycles. The minimum atomic E-state index is 0.0159. The lowest BCUT2D eigenvalue weighted by molar-refractivity contribution is 0.0447. The van der Waals surface area contributed by atoms with Gasteiger partial charge in [0, 0.05) is 44.5 Å². The van der Waals surface area contributed by atoms with Crippen LogP contribution in [0, 0.1) is 0 Å². The van der Waals surface area contributed by atoms with Gasteiger partial charge in [-0.1, -0.05) is 6.07 Å². The van der Waals surface area contributed by atoms with Gasteiger partial charge in [0.2, 0.25) is 0 Å². The van der Waals surface area contributed by atoms with Crippen molar-refractivity contribution in [2.45, 2.75) is 32.9 Å². The number of piperazine rings is 1. The first-order chi connectivity index (χ1) is 9.41. The van der Waals surface area contributed by atoms with E-state index in [0.717, 1.165) is 31.7 Å². The Morgan fingerprint density at radius 1 is 1.25 bits per heavy atom. The second-order valence-corrected chi connectivity index (χ2v) is 6.21. The van der Waals surface area contributed by atoms with Crippen LogP contribution < -0.4 is 5.73 Å². The van der Waals surface area contributed by atoms with Crippen LogP contribution in [0.25, 0.3) is 0 Å². The van der Waals surface area contributed by atoms with E-state index in [4.69, 9.17) is 5.73 Å². The summed E-state index contributed by atoms with van der Waals surface area (Å²) in [7, 11) is 0. The third kappa shape index (κ3) is 3.35. The molecule has 0 unspecified atom stereocenters. The van der Waals surface area contributed by atoms with E-state index in [9.17, 15) is 4.79 Å². The number of hydrogen-bond acceptors (Lipinski definition) is 4. The molecule has 2 heterocycles. The Kier molecular flexibility index (Phi) is 4.40. The summed E-state index contributed by atoms with van der Waals surface area (Å²) >= 11 is 0. The zero-order chi connectivity index (χ0) is 14.8. The van der Waals surface area contributed by atoms with Gasteiger partial charge in [-0.05, 0) is 32.4 Å². The molecule has 0 atom stereocenters. The molecule has 1 fully saturated rings. The fraction of sp³-hybridized carbons (Fsp3) is 0.600. The van der Waals surface area contributed by atoms with Crippen LogP contribution >= 0.6 is 0 Å². The minimum Gasteiger partial charge on any atom is -0.335 e. The lowest BCUT2D eigenvalue weighted by Crippen LogP contribution is -2.54. The maximum absolute atomic E-state index is 12.4. The van der Waals surface area contributed by atoms with E-state index < -0.39 is 0 Å². The highest BCUT2D eigenvalue weighted by Gasteiger charge is 2.28. The average Bonchev–Trinajstić information content (AvgIpc) is 2.46. The van der Waals surface area contributed by atoms with Crippen molar-refractivity contribution in [3.05, 3.63) is 29.6 Å². The monoisotopic (exact) mass is 276 g/mol. The summed E-state index contributed by atoms with van der Waals surface area (Å²) in [5.41, 5.74) is 7.15. The lowest BCUT2D eigenvalue weighted by atomic mass is 10.0. The summed E-state index contributed by atoms with van der Waals surface area (Å²) in [6, 6.07) is 3.63. The molecule has 1 aromatic heterocycles. The van der Waals surface area contributed by atoms with E-state index in [2.05, 4.69) is 30.7 Å². The topological polar surface area (TPSA) is 62.5 Å². The van der Waals surface area contributed by atoms with Crippen molar-refractivity contribution in [3.8, 4) is 0 Å². The molecule has 20 heavy (non-hydrogen) atoms. The molecule has 0 bridgehead atoms. The SMILES string of the molecule is CC(C)(C)N1CCN(C(=O)c2ccc(CN)cn2)CC1. The zero-order valence-electron chi connectivity index (χ0n) is 12.6. The number of pyridine rings is 1. The van der Waals surface area contributed by atoms with Crippen molar-refractivity contribution in [3.63, 3.8) is 0 Å². The molecule has 5 heteroatoms. The number of aromatic nitrogens is 1. The fourth-order valence-corrected chi connectivity index (χ4v) is 2.41. The molecular formula is C15H24N4O. The molecule has 1 amide bonds. The Morgan fingerprint density at radius 3 is 2.35 bits per heavy atom. The summed E-state index contributed by atoms with van der Waals surface area (Å²) in [4.78, 5) is 20.9. The summed E-state index contributed by atoms with van der Waals surface area (Å²) in [5.74, 6) is 0.0159. The molecule has 0 spiro atoms. The van der Waals surface area contributed by atoms with E-state index >= 15 is 0 Å². The molecule has 0 saturated carbocycles. The summed E-state index contributed by atoms with van der Waals surface area (Å²) in [5, 5.41) is 0.